The van der Waals surface area contributed by atoms with Gasteiger partial charge >= 0.3 is 0 Å². The molecule has 0 saturated heterocycles. The zero-order valence-electron chi connectivity index (χ0n) is 9.86. The van der Waals surface area contributed by atoms with Gasteiger partial charge in [0.1, 0.15) is 5.82 Å². The van der Waals surface area contributed by atoms with E-state index in [1.54, 1.807) is 23.9 Å². The minimum atomic E-state index is -0.474. The Balaban J connectivity index is 2.31. The maximum Gasteiger partial charge on any atom is 0.129 e. The SMILES string of the molecule is CSc1ccc(C(N)c2ccc(Cl)cc2F)cc1. The van der Waals surface area contributed by atoms with Gasteiger partial charge in [-0.1, -0.05) is 29.8 Å². The van der Waals surface area contributed by atoms with Gasteiger partial charge < -0.3 is 5.73 Å². The lowest BCUT2D eigenvalue weighted by atomic mass is 9.99. The number of hydrogen-bond donors (Lipinski definition) is 1. The third-order valence-corrected chi connectivity index (χ3v) is 3.75. The van der Waals surface area contributed by atoms with Crippen LogP contribution in [-0.4, -0.2) is 6.26 Å². The first kappa shape index (κ1) is 13.4. The van der Waals surface area contributed by atoms with Gasteiger partial charge in [-0.15, -0.1) is 11.8 Å². The summed E-state index contributed by atoms with van der Waals surface area (Å²) in [7, 11) is 0. The largest absolute Gasteiger partial charge is 0.320 e. The zero-order valence-corrected chi connectivity index (χ0v) is 11.4. The first-order valence-electron chi connectivity index (χ1n) is 5.46. The smallest absolute Gasteiger partial charge is 0.129 e. The Bertz CT molecular complexity index is 542. The Morgan fingerprint density at radius 2 is 1.83 bits per heavy atom. The Morgan fingerprint density at radius 1 is 1.17 bits per heavy atom. The summed E-state index contributed by atoms with van der Waals surface area (Å²) in [4.78, 5) is 1.16. The van der Waals surface area contributed by atoms with Crippen LogP contribution < -0.4 is 5.73 Å². The number of hydrogen-bond acceptors (Lipinski definition) is 2. The van der Waals surface area contributed by atoms with Crippen LogP contribution in [0.3, 0.4) is 0 Å². The van der Waals surface area contributed by atoms with Gasteiger partial charge in [0.05, 0.1) is 6.04 Å². The van der Waals surface area contributed by atoms with Crippen LogP contribution in [0.5, 0.6) is 0 Å². The van der Waals surface area contributed by atoms with Crippen molar-refractivity contribution >= 4 is 23.4 Å². The van der Waals surface area contributed by atoms with E-state index in [-0.39, 0.29) is 5.82 Å². The van der Waals surface area contributed by atoms with Crippen molar-refractivity contribution in [1.29, 1.82) is 0 Å². The summed E-state index contributed by atoms with van der Waals surface area (Å²) in [6.07, 6.45) is 2.01. The molecule has 0 aliphatic rings. The van der Waals surface area contributed by atoms with Crippen LogP contribution in [0.1, 0.15) is 17.2 Å². The van der Waals surface area contributed by atoms with Crippen molar-refractivity contribution in [3.8, 4) is 0 Å². The molecule has 0 spiro atoms. The van der Waals surface area contributed by atoms with Gasteiger partial charge in [0.2, 0.25) is 0 Å². The summed E-state index contributed by atoms with van der Waals surface area (Å²) in [6.45, 7) is 0. The lowest BCUT2D eigenvalue weighted by Crippen LogP contribution is -2.13. The summed E-state index contributed by atoms with van der Waals surface area (Å²) in [5.41, 5.74) is 7.41. The van der Waals surface area contributed by atoms with E-state index in [0.29, 0.717) is 10.6 Å². The molecule has 0 amide bonds. The Morgan fingerprint density at radius 3 is 2.39 bits per heavy atom. The number of thioether (sulfide) groups is 1. The minimum absolute atomic E-state index is 0.371. The maximum atomic E-state index is 13.8. The van der Waals surface area contributed by atoms with Crippen LogP contribution >= 0.6 is 23.4 Å². The van der Waals surface area contributed by atoms with Gasteiger partial charge in [0, 0.05) is 15.5 Å². The van der Waals surface area contributed by atoms with E-state index in [1.807, 2.05) is 30.5 Å². The molecule has 94 valence electrons. The average molecular weight is 282 g/mol. The van der Waals surface area contributed by atoms with Crippen LogP contribution in [-0.2, 0) is 0 Å². The first-order chi connectivity index (χ1) is 8.61. The van der Waals surface area contributed by atoms with Crippen LogP contribution in [0.15, 0.2) is 47.4 Å². The molecule has 0 saturated carbocycles. The van der Waals surface area contributed by atoms with Gasteiger partial charge in [0.25, 0.3) is 0 Å². The molecule has 0 aliphatic carbocycles. The van der Waals surface area contributed by atoms with E-state index in [1.165, 1.54) is 6.07 Å². The number of halogens is 2. The molecule has 4 heteroatoms. The lowest BCUT2D eigenvalue weighted by molar-refractivity contribution is 0.600. The second-order valence-electron chi connectivity index (χ2n) is 3.92. The lowest BCUT2D eigenvalue weighted by Gasteiger charge is -2.14. The molecule has 0 heterocycles. The standard InChI is InChI=1S/C14H13ClFNS/c1-18-11-5-2-9(3-6-11)14(17)12-7-4-10(15)8-13(12)16/h2-8,14H,17H2,1H3. The van der Waals surface area contributed by atoms with Crippen LogP contribution in [0, 0.1) is 5.82 Å². The van der Waals surface area contributed by atoms with Crippen molar-refractivity contribution in [3.63, 3.8) is 0 Å². The van der Waals surface area contributed by atoms with Gasteiger partial charge in [0.15, 0.2) is 0 Å². The molecule has 0 aliphatic heterocycles. The van der Waals surface area contributed by atoms with E-state index in [0.717, 1.165) is 10.5 Å². The molecule has 2 rings (SSSR count). The number of nitrogens with two attached hydrogens (primary N) is 1. The van der Waals surface area contributed by atoms with Crippen molar-refractivity contribution in [1.82, 2.24) is 0 Å². The molecule has 18 heavy (non-hydrogen) atoms. The molecular weight excluding hydrogens is 269 g/mol. The highest BCUT2D eigenvalue weighted by Gasteiger charge is 2.13. The van der Waals surface area contributed by atoms with Crippen molar-refractivity contribution in [2.75, 3.05) is 6.26 Å². The van der Waals surface area contributed by atoms with E-state index in [4.69, 9.17) is 17.3 Å². The van der Waals surface area contributed by atoms with E-state index < -0.39 is 6.04 Å². The summed E-state index contributed by atoms with van der Waals surface area (Å²) in [5.74, 6) is -0.371. The number of benzene rings is 2. The summed E-state index contributed by atoms with van der Waals surface area (Å²) < 4.78 is 13.8. The molecule has 1 atom stereocenters. The predicted octanol–water partition coefficient (Wildman–Crippen LogP) is 4.25. The molecule has 2 aromatic carbocycles. The molecule has 2 aromatic rings. The first-order valence-corrected chi connectivity index (χ1v) is 7.06. The monoisotopic (exact) mass is 281 g/mol. The molecule has 0 bridgehead atoms. The molecule has 1 unspecified atom stereocenters. The maximum absolute atomic E-state index is 13.8. The summed E-state index contributed by atoms with van der Waals surface area (Å²) in [6, 6.07) is 11.9. The quantitative estimate of drug-likeness (QED) is 0.851. The Kier molecular flexibility index (Phi) is 4.27. The van der Waals surface area contributed by atoms with Crippen LogP contribution in [0.2, 0.25) is 5.02 Å². The van der Waals surface area contributed by atoms with E-state index >= 15 is 0 Å². The second kappa shape index (κ2) is 5.74. The molecule has 2 N–H and O–H groups in total. The van der Waals surface area contributed by atoms with E-state index in [9.17, 15) is 4.39 Å². The molecule has 0 fully saturated rings. The van der Waals surface area contributed by atoms with Crippen LogP contribution in [0.4, 0.5) is 4.39 Å². The van der Waals surface area contributed by atoms with Crippen LogP contribution in [0.25, 0.3) is 0 Å². The fourth-order valence-electron chi connectivity index (χ4n) is 1.74. The second-order valence-corrected chi connectivity index (χ2v) is 5.23. The van der Waals surface area contributed by atoms with Gasteiger partial charge in [-0.25, -0.2) is 4.39 Å². The fourth-order valence-corrected chi connectivity index (χ4v) is 2.31. The normalized spacial score (nSPS) is 12.4. The number of rotatable bonds is 3. The van der Waals surface area contributed by atoms with Crippen molar-refractivity contribution in [2.24, 2.45) is 5.73 Å². The zero-order chi connectivity index (χ0) is 13.1. The highest BCUT2D eigenvalue weighted by molar-refractivity contribution is 7.98. The minimum Gasteiger partial charge on any atom is -0.320 e. The van der Waals surface area contributed by atoms with E-state index in [2.05, 4.69) is 0 Å². The predicted molar refractivity (Wildman–Crippen MR) is 75.7 cm³/mol. The third-order valence-electron chi connectivity index (χ3n) is 2.77. The third kappa shape index (κ3) is 2.86. The van der Waals surface area contributed by atoms with Crippen molar-refractivity contribution < 1.29 is 4.39 Å². The molecular formula is C14H13ClFNS. The molecule has 0 radical (unpaired) electrons. The van der Waals surface area contributed by atoms with Gasteiger partial charge in [-0.3, -0.25) is 0 Å². The van der Waals surface area contributed by atoms with Crippen molar-refractivity contribution in [3.05, 3.63) is 64.4 Å². The summed E-state index contributed by atoms with van der Waals surface area (Å²) in [5, 5.41) is 0.376. The van der Waals surface area contributed by atoms with Gasteiger partial charge in [-0.05, 0) is 36.1 Å². The Hall–Kier alpha value is -1.03. The molecule has 1 nitrogen and oxygen atoms in total. The van der Waals surface area contributed by atoms with Crippen molar-refractivity contribution in [2.45, 2.75) is 10.9 Å². The highest BCUT2D eigenvalue weighted by atomic mass is 35.5. The average Bonchev–Trinajstić information content (AvgIpc) is 2.38. The van der Waals surface area contributed by atoms with Gasteiger partial charge in [-0.2, -0.15) is 0 Å². The fraction of sp³-hybridized carbons (Fsp3) is 0.143. The molecule has 0 aromatic heterocycles. The Labute approximate surface area is 115 Å². The summed E-state index contributed by atoms with van der Waals surface area (Å²) >= 11 is 7.38. The highest BCUT2D eigenvalue weighted by Crippen LogP contribution is 2.26. The topological polar surface area (TPSA) is 26.0 Å².